The van der Waals surface area contributed by atoms with Crippen LogP contribution in [0.5, 0.6) is 0 Å². The van der Waals surface area contributed by atoms with Crippen molar-refractivity contribution in [1.29, 1.82) is 0 Å². The van der Waals surface area contributed by atoms with Gasteiger partial charge in [0.15, 0.2) is 18.0 Å². The number of rotatable bonds is 7. The first kappa shape index (κ1) is 23.9. The van der Waals surface area contributed by atoms with Gasteiger partial charge in [-0.15, -0.1) is 0 Å². The van der Waals surface area contributed by atoms with Gasteiger partial charge in [-0.05, 0) is 59.0 Å². The molecule has 0 aliphatic carbocycles. The Kier molecular flexibility index (Phi) is 6.86. The summed E-state index contributed by atoms with van der Waals surface area (Å²) in [6.07, 6.45) is 8.09. The van der Waals surface area contributed by atoms with Gasteiger partial charge in [0.25, 0.3) is 0 Å². The SMILES string of the molecule is CCc1ccc(S(=O)(=O)N2CCCC(c3cc(NCc4ccc[nH+]c4)n4ncc(Br)c4n3)C2)cc1. The number of aryl methyl sites for hydroxylation is 1. The van der Waals surface area contributed by atoms with Crippen molar-refractivity contribution in [1.82, 2.24) is 18.9 Å². The molecule has 182 valence electrons. The maximum absolute atomic E-state index is 13.4. The summed E-state index contributed by atoms with van der Waals surface area (Å²) in [6, 6.07) is 13.2. The lowest BCUT2D eigenvalue weighted by molar-refractivity contribution is -0.378. The number of H-pyrrole nitrogens is 1. The minimum absolute atomic E-state index is 0.00847. The molecule has 0 radical (unpaired) electrons. The van der Waals surface area contributed by atoms with Crippen LogP contribution in [0.4, 0.5) is 5.82 Å². The minimum atomic E-state index is -3.56. The maximum Gasteiger partial charge on any atom is 0.243 e. The fraction of sp³-hybridized carbons (Fsp3) is 0.320. The van der Waals surface area contributed by atoms with Crippen molar-refractivity contribution in [3.05, 3.63) is 82.3 Å². The molecule has 2 N–H and O–H groups in total. The number of pyridine rings is 1. The van der Waals surface area contributed by atoms with E-state index >= 15 is 0 Å². The molecule has 35 heavy (non-hydrogen) atoms. The third-order valence-electron chi connectivity index (χ3n) is 6.47. The fourth-order valence-electron chi connectivity index (χ4n) is 4.47. The molecule has 1 fully saturated rings. The molecule has 1 aliphatic heterocycles. The molecular formula is C25H28BrN6O2S+. The summed E-state index contributed by atoms with van der Waals surface area (Å²) in [5.74, 6) is 0.806. The number of sulfonamides is 1. The normalized spacial score (nSPS) is 17.0. The number of anilines is 1. The highest BCUT2D eigenvalue weighted by Crippen LogP contribution is 2.32. The molecule has 0 amide bonds. The van der Waals surface area contributed by atoms with Gasteiger partial charge in [0.2, 0.25) is 10.0 Å². The van der Waals surface area contributed by atoms with E-state index in [0.717, 1.165) is 46.4 Å². The molecule has 1 saturated heterocycles. The van der Waals surface area contributed by atoms with Gasteiger partial charge in [0.1, 0.15) is 5.82 Å². The van der Waals surface area contributed by atoms with E-state index in [-0.39, 0.29) is 5.92 Å². The standard InChI is InChI=1S/C25H27BrN6O2S/c1-2-18-7-9-21(10-8-18)35(33,34)31-12-4-6-20(17-31)23-13-24(28-15-19-5-3-11-27-14-19)32-25(30-23)22(26)16-29-32/h3,5,7-11,13-14,16,20,28H,2,4,6,12,15,17H2,1H3/p+1. The second-order valence-electron chi connectivity index (χ2n) is 8.76. The van der Waals surface area contributed by atoms with E-state index < -0.39 is 10.0 Å². The number of nitrogens with zero attached hydrogens (tertiary/aromatic N) is 4. The van der Waals surface area contributed by atoms with E-state index in [1.54, 1.807) is 27.2 Å². The van der Waals surface area contributed by atoms with Gasteiger partial charge in [0.05, 0.1) is 21.3 Å². The van der Waals surface area contributed by atoms with Gasteiger partial charge < -0.3 is 5.32 Å². The highest BCUT2D eigenvalue weighted by Gasteiger charge is 2.32. The lowest BCUT2D eigenvalue weighted by atomic mass is 9.96. The van der Waals surface area contributed by atoms with Crippen molar-refractivity contribution in [2.45, 2.75) is 43.5 Å². The van der Waals surface area contributed by atoms with Gasteiger partial charge in [-0.25, -0.2) is 18.4 Å². The zero-order chi connectivity index (χ0) is 24.4. The number of aromatic nitrogens is 4. The average molecular weight is 557 g/mol. The number of fused-ring (bicyclic) bond motifs is 1. The largest absolute Gasteiger partial charge is 0.366 e. The molecule has 1 aromatic carbocycles. The van der Waals surface area contributed by atoms with Crippen LogP contribution in [0.2, 0.25) is 0 Å². The lowest BCUT2D eigenvalue weighted by Gasteiger charge is -2.32. The average Bonchev–Trinajstić information content (AvgIpc) is 3.28. The number of nitrogens with one attached hydrogen (secondary N) is 2. The number of benzene rings is 1. The van der Waals surface area contributed by atoms with Gasteiger partial charge in [-0.1, -0.05) is 19.1 Å². The predicted octanol–water partition coefficient (Wildman–Crippen LogP) is 4.05. The first-order valence-electron chi connectivity index (χ1n) is 11.8. The molecule has 3 aromatic heterocycles. The van der Waals surface area contributed by atoms with Crippen molar-refractivity contribution < 1.29 is 13.4 Å². The van der Waals surface area contributed by atoms with Crippen molar-refractivity contribution in [3.63, 3.8) is 0 Å². The molecule has 1 atom stereocenters. The minimum Gasteiger partial charge on any atom is -0.366 e. The van der Waals surface area contributed by atoms with Crippen LogP contribution in [0.15, 0.2) is 70.4 Å². The molecule has 1 aliphatic rings. The van der Waals surface area contributed by atoms with E-state index in [1.807, 2.05) is 42.7 Å². The number of halogens is 1. The maximum atomic E-state index is 13.4. The van der Waals surface area contributed by atoms with Gasteiger partial charge >= 0.3 is 0 Å². The number of hydrogen-bond donors (Lipinski definition) is 1. The van der Waals surface area contributed by atoms with E-state index in [0.29, 0.717) is 30.2 Å². The van der Waals surface area contributed by atoms with Crippen LogP contribution in [0, 0.1) is 0 Å². The summed E-state index contributed by atoms with van der Waals surface area (Å²) in [4.78, 5) is 8.31. The first-order valence-corrected chi connectivity index (χ1v) is 14.0. The zero-order valence-electron chi connectivity index (χ0n) is 19.5. The third kappa shape index (κ3) is 4.96. The molecule has 4 aromatic rings. The summed E-state index contributed by atoms with van der Waals surface area (Å²) in [6.45, 7) is 3.59. The highest BCUT2D eigenvalue weighted by molar-refractivity contribution is 9.10. The highest BCUT2D eigenvalue weighted by atomic mass is 79.9. The van der Waals surface area contributed by atoms with Gasteiger partial charge in [0, 0.05) is 43.2 Å². The van der Waals surface area contributed by atoms with Crippen molar-refractivity contribution in [2.75, 3.05) is 18.4 Å². The van der Waals surface area contributed by atoms with Gasteiger partial charge in [-0.2, -0.15) is 13.9 Å². The quantitative estimate of drug-likeness (QED) is 0.371. The molecule has 0 spiro atoms. The van der Waals surface area contributed by atoms with E-state index in [2.05, 4.69) is 38.3 Å². The summed E-state index contributed by atoms with van der Waals surface area (Å²) >= 11 is 3.56. The Morgan fingerprint density at radius 2 is 2.03 bits per heavy atom. The van der Waals surface area contributed by atoms with E-state index in [4.69, 9.17) is 4.98 Å². The van der Waals surface area contributed by atoms with Crippen LogP contribution in [-0.2, 0) is 23.0 Å². The Hall–Kier alpha value is -2.82. The summed E-state index contributed by atoms with van der Waals surface area (Å²) in [7, 11) is -3.56. The molecular weight excluding hydrogens is 528 g/mol. The predicted molar refractivity (Wildman–Crippen MR) is 138 cm³/mol. The third-order valence-corrected chi connectivity index (χ3v) is 8.90. The molecule has 4 heterocycles. The number of aromatic amines is 1. The van der Waals surface area contributed by atoms with Crippen LogP contribution in [-0.4, -0.2) is 40.4 Å². The van der Waals surface area contributed by atoms with Crippen LogP contribution in [0.3, 0.4) is 0 Å². The lowest BCUT2D eigenvalue weighted by Crippen LogP contribution is -2.39. The molecule has 8 nitrogen and oxygen atoms in total. The Labute approximate surface area is 213 Å². The monoisotopic (exact) mass is 555 g/mol. The number of hydrogen-bond acceptors (Lipinski definition) is 5. The Bertz CT molecular complexity index is 1420. The zero-order valence-corrected chi connectivity index (χ0v) is 21.9. The summed E-state index contributed by atoms with van der Waals surface area (Å²) in [5.41, 5.74) is 3.80. The first-order chi connectivity index (χ1) is 17.0. The molecule has 5 rings (SSSR count). The van der Waals surface area contributed by atoms with Crippen molar-refractivity contribution >= 4 is 37.4 Å². The summed E-state index contributed by atoms with van der Waals surface area (Å²) < 4.78 is 30.9. The Morgan fingerprint density at radius 1 is 1.20 bits per heavy atom. The Balaban J connectivity index is 1.42. The second kappa shape index (κ2) is 10.0. The topological polar surface area (TPSA) is 93.7 Å². The number of piperidine rings is 1. The van der Waals surface area contributed by atoms with Crippen LogP contribution < -0.4 is 10.3 Å². The van der Waals surface area contributed by atoms with E-state index in [9.17, 15) is 8.42 Å². The molecule has 1 unspecified atom stereocenters. The molecule has 0 bridgehead atoms. The second-order valence-corrected chi connectivity index (χ2v) is 11.6. The fourth-order valence-corrected chi connectivity index (χ4v) is 6.34. The van der Waals surface area contributed by atoms with Crippen LogP contribution >= 0.6 is 15.9 Å². The molecule has 0 saturated carbocycles. The van der Waals surface area contributed by atoms with Crippen molar-refractivity contribution in [3.8, 4) is 0 Å². The van der Waals surface area contributed by atoms with Crippen LogP contribution in [0.1, 0.15) is 42.5 Å². The van der Waals surface area contributed by atoms with Crippen LogP contribution in [0.25, 0.3) is 5.65 Å². The molecule has 10 heteroatoms. The smallest absolute Gasteiger partial charge is 0.243 e. The van der Waals surface area contributed by atoms with Crippen molar-refractivity contribution in [2.24, 2.45) is 0 Å². The summed E-state index contributed by atoms with van der Waals surface area (Å²) in [5, 5.41) is 7.92. The van der Waals surface area contributed by atoms with E-state index in [1.165, 1.54) is 0 Å². The Morgan fingerprint density at radius 3 is 2.77 bits per heavy atom. The van der Waals surface area contributed by atoms with Gasteiger partial charge in [-0.3, -0.25) is 0 Å².